The van der Waals surface area contributed by atoms with E-state index in [1.165, 1.54) is 24.8 Å². The van der Waals surface area contributed by atoms with E-state index in [0.29, 0.717) is 0 Å². The highest BCUT2D eigenvalue weighted by Crippen LogP contribution is 2.40. The first kappa shape index (κ1) is 8.18. The molecule has 1 unspecified atom stereocenters. The van der Waals surface area contributed by atoms with Crippen LogP contribution in [-0.4, -0.2) is 5.25 Å². The molecule has 1 heterocycles. The number of allylic oxidation sites excluding steroid dienone is 4. The van der Waals surface area contributed by atoms with Gasteiger partial charge in [0.25, 0.3) is 0 Å². The Kier molecular flexibility index (Phi) is 2.40. The van der Waals surface area contributed by atoms with Crippen LogP contribution in [0.1, 0.15) is 26.2 Å². The quantitative estimate of drug-likeness (QED) is 0.635. The van der Waals surface area contributed by atoms with Gasteiger partial charge in [-0.2, -0.15) is 0 Å². The van der Waals surface area contributed by atoms with Gasteiger partial charge < -0.3 is 0 Å². The van der Waals surface area contributed by atoms with Crippen LogP contribution >= 0.6 is 11.8 Å². The number of fused-ring (bicyclic) bond motifs is 1. The van der Waals surface area contributed by atoms with Crippen LogP contribution in [0.4, 0.5) is 0 Å². The molecule has 1 atom stereocenters. The van der Waals surface area contributed by atoms with Crippen LogP contribution in [0.25, 0.3) is 0 Å². The molecule has 0 aromatic heterocycles. The molecule has 0 saturated heterocycles. The SMILES string of the molecule is CCCCC1SC=C2C=CC=C21. The second kappa shape index (κ2) is 3.53. The van der Waals surface area contributed by atoms with Crippen molar-refractivity contribution in [2.24, 2.45) is 0 Å². The van der Waals surface area contributed by atoms with Gasteiger partial charge in [-0.15, -0.1) is 11.8 Å². The Labute approximate surface area is 78.4 Å². The molecule has 0 aromatic carbocycles. The highest BCUT2D eigenvalue weighted by atomic mass is 32.2. The Hall–Kier alpha value is -0.430. The van der Waals surface area contributed by atoms with Crippen LogP contribution in [0, 0.1) is 0 Å². The smallest absolute Gasteiger partial charge is 0.0344 e. The first-order valence-corrected chi connectivity index (χ1v) is 5.60. The van der Waals surface area contributed by atoms with Crippen molar-refractivity contribution in [1.82, 2.24) is 0 Å². The van der Waals surface area contributed by atoms with Crippen LogP contribution < -0.4 is 0 Å². The van der Waals surface area contributed by atoms with Crippen molar-refractivity contribution in [1.29, 1.82) is 0 Å². The summed E-state index contributed by atoms with van der Waals surface area (Å²) in [5.41, 5.74) is 3.02. The lowest BCUT2D eigenvalue weighted by atomic mass is 10.0. The summed E-state index contributed by atoms with van der Waals surface area (Å²) in [5, 5.41) is 3.06. The van der Waals surface area contributed by atoms with Gasteiger partial charge in [-0.1, -0.05) is 38.0 Å². The van der Waals surface area contributed by atoms with Gasteiger partial charge >= 0.3 is 0 Å². The molecule has 1 heteroatoms. The number of unbranched alkanes of at least 4 members (excludes halogenated alkanes) is 1. The van der Waals surface area contributed by atoms with Crippen molar-refractivity contribution in [2.75, 3.05) is 0 Å². The molecule has 0 aromatic rings. The average Bonchev–Trinajstić information content (AvgIpc) is 2.62. The van der Waals surface area contributed by atoms with Crippen LogP contribution in [0.3, 0.4) is 0 Å². The topological polar surface area (TPSA) is 0 Å². The van der Waals surface area contributed by atoms with Crippen molar-refractivity contribution in [3.8, 4) is 0 Å². The van der Waals surface area contributed by atoms with Gasteiger partial charge in [-0.25, -0.2) is 0 Å². The van der Waals surface area contributed by atoms with E-state index >= 15 is 0 Å². The van der Waals surface area contributed by atoms with E-state index in [1.54, 1.807) is 5.57 Å². The minimum Gasteiger partial charge on any atom is -0.125 e. The standard InChI is InChI=1S/C11H14S/c1-2-3-7-11-10-6-4-5-9(10)8-12-11/h4-6,8,11H,2-3,7H2,1H3. The summed E-state index contributed by atoms with van der Waals surface area (Å²) in [6.07, 6.45) is 10.7. The Morgan fingerprint density at radius 2 is 2.42 bits per heavy atom. The molecule has 0 saturated carbocycles. The molecule has 0 fully saturated rings. The second-order valence-corrected chi connectivity index (χ2v) is 4.40. The lowest BCUT2D eigenvalue weighted by Gasteiger charge is -2.09. The Morgan fingerprint density at radius 1 is 1.50 bits per heavy atom. The van der Waals surface area contributed by atoms with Crippen LogP contribution in [0.5, 0.6) is 0 Å². The summed E-state index contributed by atoms with van der Waals surface area (Å²) in [6, 6.07) is 0. The van der Waals surface area contributed by atoms with Gasteiger partial charge in [0.05, 0.1) is 0 Å². The maximum atomic E-state index is 2.30. The van der Waals surface area contributed by atoms with Crippen molar-refractivity contribution in [2.45, 2.75) is 31.4 Å². The van der Waals surface area contributed by atoms with E-state index in [0.717, 1.165) is 5.25 Å². The van der Waals surface area contributed by atoms with Gasteiger partial charge in [-0.05, 0) is 23.0 Å². The molecule has 0 spiro atoms. The summed E-state index contributed by atoms with van der Waals surface area (Å²) in [5.74, 6) is 0. The van der Waals surface area contributed by atoms with E-state index in [2.05, 4.69) is 30.6 Å². The predicted octanol–water partition coefficient (Wildman–Crippen LogP) is 3.67. The zero-order chi connectivity index (χ0) is 8.39. The molecule has 1 aliphatic carbocycles. The molecule has 0 bridgehead atoms. The van der Waals surface area contributed by atoms with E-state index in [4.69, 9.17) is 0 Å². The fourth-order valence-corrected chi connectivity index (χ4v) is 2.88. The Balaban J connectivity index is 1.97. The highest BCUT2D eigenvalue weighted by molar-refractivity contribution is 8.03. The van der Waals surface area contributed by atoms with E-state index < -0.39 is 0 Å². The summed E-state index contributed by atoms with van der Waals surface area (Å²) in [4.78, 5) is 0. The molecule has 0 nitrogen and oxygen atoms in total. The first-order chi connectivity index (χ1) is 5.92. The first-order valence-electron chi connectivity index (χ1n) is 4.66. The second-order valence-electron chi connectivity index (χ2n) is 3.32. The summed E-state index contributed by atoms with van der Waals surface area (Å²) in [7, 11) is 0. The minimum atomic E-state index is 0.759. The highest BCUT2D eigenvalue weighted by Gasteiger charge is 2.23. The molecule has 12 heavy (non-hydrogen) atoms. The number of hydrogen-bond donors (Lipinski definition) is 0. The molecule has 0 radical (unpaired) electrons. The summed E-state index contributed by atoms with van der Waals surface area (Å²) >= 11 is 1.99. The minimum absolute atomic E-state index is 0.759. The predicted molar refractivity (Wildman–Crippen MR) is 56.2 cm³/mol. The van der Waals surface area contributed by atoms with Crippen molar-refractivity contribution < 1.29 is 0 Å². The van der Waals surface area contributed by atoms with Crippen molar-refractivity contribution in [3.63, 3.8) is 0 Å². The largest absolute Gasteiger partial charge is 0.125 e. The monoisotopic (exact) mass is 178 g/mol. The Bertz CT molecular complexity index is 258. The molecular formula is C11H14S. The fourth-order valence-electron chi connectivity index (χ4n) is 1.69. The number of thioether (sulfide) groups is 1. The third-order valence-electron chi connectivity index (χ3n) is 2.41. The lowest BCUT2D eigenvalue weighted by Crippen LogP contribution is -2.00. The van der Waals surface area contributed by atoms with Gasteiger partial charge in [0.15, 0.2) is 0 Å². The van der Waals surface area contributed by atoms with Crippen molar-refractivity contribution in [3.05, 3.63) is 34.8 Å². The lowest BCUT2D eigenvalue weighted by molar-refractivity contribution is 0.731. The zero-order valence-corrected chi connectivity index (χ0v) is 8.23. The maximum Gasteiger partial charge on any atom is 0.0344 e. The molecular weight excluding hydrogens is 164 g/mol. The number of hydrogen-bond acceptors (Lipinski definition) is 1. The molecule has 0 amide bonds. The van der Waals surface area contributed by atoms with E-state index in [9.17, 15) is 0 Å². The Morgan fingerprint density at radius 3 is 3.25 bits per heavy atom. The van der Waals surface area contributed by atoms with Gasteiger partial charge in [0.2, 0.25) is 0 Å². The van der Waals surface area contributed by atoms with E-state index in [-0.39, 0.29) is 0 Å². The van der Waals surface area contributed by atoms with Crippen molar-refractivity contribution >= 4 is 11.8 Å². The van der Waals surface area contributed by atoms with Gasteiger partial charge in [-0.3, -0.25) is 0 Å². The molecule has 1 aliphatic heterocycles. The van der Waals surface area contributed by atoms with Gasteiger partial charge in [0, 0.05) is 5.25 Å². The third-order valence-corrected chi connectivity index (χ3v) is 3.62. The molecule has 2 rings (SSSR count). The zero-order valence-electron chi connectivity index (χ0n) is 7.42. The summed E-state index contributed by atoms with van der Waals surface area (Å²) in [6.45, 7) is 2.26. The fraction of sp³-hybridized carbons (Fsp3) is 0.455. The summed E-state index contributed by atoms with van der Waals surface area (Å²) < 4.78 is 0. The average molecular weight is 178 g/mol. The molecule has 0 N–H and O–H groups in total. The maximum absolute atomic E-state index is 2.30. The van der Waals surface area contributed by atoms with E-state index in [1.807, 2.05) is 11.8 Å². The third kappa shape index (κ3) is 1.38. The number of rotatable bonds is 3. The van der Waals surface area contributed by atoms with Gasteiger partial charge in [0.1, 0.15) is 0 Å². The molecule has 64 valence electrons. The molecule has 2 aliphatic rings. The van der Waals surface area contributed by atoms with Crippen LogP contribution in [0.2, 0.25) is 0 Å². The van der Waals surface area contributed by atoms with Crippen LogP contribution in [-0.2, 0) is 0 Å². The van der Waals surface area contributed by atoms with Crippen LogP contribution in [0.15, 0.2) is 34.8 Å². The normalized spacial score (nSPS) is 25.6.